The summed E-state index contributed by atoms with van der Waals surface area (Å²) < 4.78 is 0. The number of hydrogen-bond donors (Lipinski definition) is 0. The summed E-state index contributed by atoms with van der Waals surface area (Å²) in [5.41, 5.74) is 0. The Morgan fingerprint density at radius 1 is 0.500 bits per heavy atom. The van der Waals surface area contributed by atoms with Crippen molar-refractivity contribution in [2.45, 2.75) is 0 Å². The molecule has 0 heterocycles. The minimum absolute atomic E-state index is 0. The Bertz CT molecular complexity index is 9.51. The Labute approximate surface area is 114 Å². The fourth-order valence-corrected chi connectivity index (χ4v) is 0. The van der Waals surface area contributed by atoms with Gasteiger partial charge in [-0.25, -0.2) is 0 Å². The molecule has 6 heavy (non-hydrogen) atoms. The Balaban J connectivity index is 0. The van der Waals surface area contributed by atoms with Gasteiger partial charge in [0.05, 0.1) is 0 Å². The molecule has 6 heteroatoms. The second-order valence-corrected chi connectivity index (χ2v) is 0. The summed E-state index contributed by atoms with van der Waals surface area (Å²) in [6, 6.07) is 0. The van der Waals surface area contributed by atoms with E-state index >= 15 is 0 Å². The summed E-state index contributed by atoms with van der Waals surface area (Å²) in [7, 11) is 0. The minimum Gasteiger partial charge on any atom is 0 e. The van der Waals surface area contributed by atoms with Crippen LogP contribution in [-0.2, 0) is 116 Å². The summed E-state index contributed by atoms with van der Waals surface area (Å²) in [5, 5.41) is 0. The normalized spacial score (nSPS) is 0. The molecular weight excluding hydrogens is 700 g/mol. The molecule has 0 aliphatic heterocycles. The molecule has 0 aromatic rings. The fourth-order valence-electron chi connectivity index (χ4n) is 0. The molecule has 50 valence electrons. The van der Waals surface area contributed by atoms with Crippen molar-refractivity contribution < 1.29 is 116 Å². The Hall–Kier alpha value is 3.69. The van der Waals surface area contributed by atoms with Crippen molar-refractivity contribution in [1.29, 1.82) is 0 Å². The first kappa shape index (κ1) is 53.8. The van der Waals surface area contributed by atoms with E-state index in [1.165, 1.54) is 0 Å². The summed E-state index contributed by atoms with van der Waals surface area (Å²) in [6.45, 7) is 0. The molecule has 0 fully saturated rings. The quantitative estimate of drug-likeness (QED) is 0.313. The zero-order valence-electron chi connectivity index (χ0n) is 2.12. The van der Waals surface area contributed by atoms with E-state index in [-0.39, 0.29) is 116 Å². The molecular formula is Cr2Pt2Rh2. The molecule has 0 saturated heterocycles. The zero-order chi connectivity index (χ0) is 0. The van der Waals surface area contributed by atoms with Gasteiger partial charge >= 0.3 is 0 Å². The Kier molecular flexibility index (Phi) is 338. The van der Waals surface area contributed by atoms with E-state index in [1.807, 2.05) is 0 Å². The molecule has 0 aliphatic rings. The van der Waals surface area contributed by atoms with Crippen molar-refractivity contribution in [3.8, 4) is 0 Å². The monoisotopic (exact) mass is 700 g/mol. The molecule has 0 atom stereocenters. The van der Waals surface area contributed by atoms with Crippen molar-refractivity contribution in [2.24, 2.45) is 0 Å². The fraction of sp³-hybridized carbons (Fsp3) is 0. The van der Waals surface area contributed by atoms with Crippen molar-refractivity contribution >= 4 is 0 Å². The van der Waals surface area contributed by atoms with Gasteiger partial charge in [0.25, 0.3) is 0 Å². The van der Waals surface area contributed by atoms with E-state index in [2.05, 4.69) is 0 Å². The predicted molar refractivity (Wildman–Crippen MR) is 0 cm³/mol. The molecule has 0 aromatic heterocycles. The molecule has 0 unspecified atom stereocenters. The standard InChI is InChI=1S/2Cr.2Pt.2Rh. The van der Waals surface area contributed by atoms with Gasteiger partial charge in [-0.1, -0.05) is 0 Å². The molecule has 0 bridgehead atoms. The van der Waals surface area contributed by atoms with Gasteiger partial charge in [-0.15, -0.1) is 0 Å². The van der Waals surface area contributed by atoms with E-state index in [0.717, 1.165) is 0 Å². The van der Waals surface area contributed by atoms with Gasteiger partial charge in [0, 0.05) is 116 Å². The van der Waals surface area contributed by atoms with Crippen LogP contribution in [0.4, 0.5) is 0 Å². The molecule has 0 amide bonds. The first-order valence-electron chi connectivity index (χ1n) is 0. The van der Waals surface area contributed by atoms with E-state index in [9.17, 15) is 0 Å². The molecule has 0 N–H and O–H groups in total. The molecule has 0 spiro atoms. The van der Waals surface area contributed by atoms with Crippen LogP contribution in [0.3, 0.4) is 0 Å². The first-order valence-corrected chi connectivity index (χ1v) is 0. The van der Waals surface area contributed by atoms with E-state index < -0.39 is 0 Å². The van der Waals surface area contributed by atoms with Gasteiger partial charge in [-0.05, 0) is 0 Å². The third-order valence-corrected chi connectivity index (χ3v) is 0. The Morgan fingerprint density at radius 2 is 0.500 bits per heavy atom. The van der Waals surface area contributed by atoms with Crippen LogP contribution < -0.4 is 0 Å². The van der Waals surface area contributed by atoms with Crippen LogP contribution in [0.15, 0.2) is 0 Å². The van der Waals surface area contributed by atoms with Crippen LogP contribution in [0, 0.1) is 0 Å². The van der Waals surface area contributed by atoms with Gasteiger partial charge in [-0.3, -0.25) is 0 Å². The van der Waals surface area contributed by atoms with E-state index in [4.69, 9.17) is 0 Å². The van der Waals surface area contributed by atoms with Gasteiger partial charge < -0.3 is 0 Å². The van der Waals surface area contributed by atoms with E-state index in [0.29, 0.717) is 0 Å². The Morgan fingerprint density at radius 3 is 0.500 bits per heavy atom. The van der Waals surface area contributed by atoms with Gasteiger partial charge in [0.15, 0.2) is 0 Å². The summed E-state index contributed by atoms with van der Waals surface area (Å²) in [5.74, 6) is 0. The second kappa shape index (κ2) is 37.8. The van der Waals surface area contributed by atoms with Crippen LogP contribution in [0.5, 0.6) is 0 Å². The summed E-state index contributed by atoms with van der Waals surface area (Å²) in [6.07, 6.45) is 0. The summed E-state index contributed by atoms with van der Waals surface area (Å²) in [4.78, 5) is 0. The topological polar surface area (TPSA) is 0 Å². The first-order chi connectivity index (χ1) is 0. The molecule has 0 rings (SSSR count). The molecule has 0 nitrogen and oxygen atoms in total. The smallest absolute Gasteiger partial charge is 0 e. The van der Waals surface area contributed by atoms with Crippen LogP contribution in [-0.4, -0.2) is 0 Å². The molecule has 0 aromatic carbocycles. The molecule has 2 radical (unpaired) electrons. The van der Waals surface area contributed by atoms with Crippen LogP contribution in [0.2, 0.25) is 0 Å². The third kappa shape index (κ3) is 25.3. The van der Waals surface area contributed by atoms with Gasteiger partial charge in [0.1, 0.15) is 0 Å². The van der Waals surface area contributed by atoms with Crippen molar-refractivity contribution in [1.82, 2.24) is 0 Å². The van der Waals surface area contributed by atoms with Crippen molar-refractivity contribution in [3.05, 3.63) is 0 Å². The number of rotatable bonds is 0. The summed E-state index contributed by atoms with van der Waals surface area (Å²) >= 11 is 0. The minimum atomic E-state index is 0. The maximum atomic E-state index is 0. The molecule has 0 aliphatic carbocycles. The number of hydrogen-bond acceptors (Lipinski definition) is 0. The van der Waals surface area contributed by atoms with Gasteiger partial charge in [0.2, 0.25) is 0 Å². The third-order valence-electron chi connectivity index (χ3n) is 0. The molecule has 0 saturated carbocycles. The van der Waals surface area contributed by atoms with Crippen LogP contribution in [0.1, 0.15) is 0 Å². The van der Waals surface area contributed by atoms with Crippen LogP contribution >= 0.6 is 0 Å². The average Bonchev–Trinajstić information content (AvgIpc) is 0. The zero-order valence-corrected chi connectivity index (χ0v) is 12.5. The largest absolute Gasteiger partial charge is 0 e. The van der Waals surface area contributed by atoms with E-state index in [1.54, 1.807) is 0 Å². The second-order valence-electron chi connectivity index (χ2n) is 0. The maximum Gasteiger partial charge on any atom is 0 e. The maximum absolute atomic E-state index is 0. The van der Waals surface area contributed by atoms with Gasteiger partial charge in [-0.2, -0.15) is 0 Å². The predicted octanol–water partition coefficient (Wildman–Crippen LogP) is -0.0150. The van der Waals surface area contributed by atoms with Crippen LogP contribution in [0.25, 0.3) is 0 Å². The van der Waals surface area contributed by atoms with Crippen molar-refractivity contribution in [2.75, 3.05) is 0 Å². The van der Waals surface area contributed by atoms with Crippen molar-refractivity contribution in [3.63, 3.8) is 0 Å². The SMILES string of the molecule is [Cr].[Cr].[Pt].[Pt].[Rh].[Rh]. The average molecular weight is 700 g/mol.